The Bertz CT molecular complexity index is 1220. The molecule has 2 N–H and O–H groups in total. The van der Waals surface area contributed by atoms with Crippen LogP contribution in [0.2, 0.25) is 0 Å². The van der Waals surface area contributed by atoms with E-state index in [9.17, 15) is 4.79 Å². The second kappa shape index (κ2) is 11.9. The molecular formula is C32H39N3O3. The van der Waals surface area contributed by atoms with Crippen molar-refractivity contribution < 1.29 is 14.3 Å². The minimum absolute atomic E-state index is 0.0618. The van der Waals surface area contributed by atoms with Gasteiger partial charge in [-0.2, -0.15) is 0 Å². The van der Waals surface area contributed by atoms with Crippen LogP contribution >= 0.6 is 0 Å². The molecule has 3 unspecified atom stereocenters. The molecule has 3 atom stereocenters. The van der Waals surface area contributed by atoms with Crippen molar-refractivity contribution in [3.05, 3.63) is 83.4 Å². The summed E-state index contributed by atoms with van der Waals surface area (Å²) < 4.78 is 11.8. The van der Waals surface area contributed by atoms with Crippen molar-refractivity contribution >= 4 is 17.3 Å². The molecule has 200 valence electrons. The number of ether oxygens (including phenoxy) is 2. The highest BCUT2D eigenvalue weighted by Crippen LogP contribution is 2.38. The maximum absolute atomic E-state index is 11.5. The summed E-state index contributed by atoms with van der Waals surface area (Å²) in [5.74, 6) is 1.76. The summed E-state index contributed by atoms with van der Waals surface area (Å²) in [6, 6.07) is 23.8. The fourth-order valence-electron chi connectivity index (χ4n) is 5.79. The van der Waals surface area contributed by atoms with Crippen molar-refractivity contribution in [2.45, 2.75) is 64.1 Å². The minimum atomic E-state index is -0.0618. The number of hydrogen-bond acceptors (Lipinski definition) is 5. The number of hydrogen-bond donors (Lipinski definition) is 2. The van der Waals surface area contributed by atoms with Gasteiger partial charge in [-0.3, -0.25) is 4.79 Å². The Morgan fingerprint density at radius 3 is 2.50 bits per heavy atom. The Balaban J connectivity index is 1.36. The van der Waals surface area contributed by atoms with Gasteiger partial charge < -0.3 is 25.0 Å². The smallest absolute Gasteiger partial charge is 0.221 e. The van der Waals surface area contributed by atoms with Gasteiger partial charge in [0.25, 0.3) is 0 Å². The lowest BCUT2D eigenvalue weighted by Crippen LogP contribution is -2.44. The van der Waals surface area contributed by atoms with Crippen LogP contribution in [-0.2, 0) is 17.6 Å². The van der Waals surface area contributed by atoms with Crippen molar-refractivity contribution in [2.75, 3.05) is 30.4 Å². The maximum Gasteiger partial charge on any atom is 0.221 e. The van der Waals surface area contributed by atoms with E-state index in [4.69, 9.17) is 9.47 Å². The number of fused-ring (bicyclic) bond motifs is 1. The zero-order chi connectivity index (χ0) is 26.5. The minimum Gasteiger partial charge on any atom is -0.497 e. The quantitative estimate of drug-likeness (QED) is 0.392. The standard InChI is InChI=1S/C32H39N3O3/c1-22(31-6-4-5-18-33-31)38-28-13-7-24(8-14-28)20-32-30-16-15-29(37-3)21-25(30)17-19-35(32)27-11-9-26(10-12-27)34-23(2)36/h7-16,21-22,31-33H,4-6,17-20H2,1-3H3,(H,34,36). The van der Waals surface area contributed by atoms with E-state index < -0.39 is 0 Å². The lowest BCUT2D eigenvalue weighted by molar-refractivity contribution is -0.114. The number of methoxy groups -OCH3 is 1. The largest absolute Gasteiger partial charge is 0.497 e. The normalized spacial score (nSPS) is 19.8. The molecule has 1 fully saturated rings. The average molecular weight is 514 g/mol. The SMILES string of the molecule is COc1ccc2c(c1)CCN(c1ccc(NC(C)=O)cc1)C2Cc1ccc(OC(C)C2CCCCN2)cc1. The number of nitrogens with one attached hydrogen (secondary N) is 2. The topological polar surface area (TPSA) is 62.8 Å². The lowest BCUT2D eigenvalue weighted by Gasteiger charge is -2.39. The molecule has 3 aromatic carbocycles. The van der Waals surface area contributed by atoms with Crippen molar-refractivity contribution in [3.63, 3.8) is 0 Å². The number of carbonyl (C=O) groups is 1. The van der Waals surface area contributed by atoms with Gasteiger partial charge in [0.15, 0.2) is 0 Å². The number of amides is 1. The van der Waals surface area contributed by atoms with E-state index in [0.717, 1.165) is 48.8 Å². The van der Waals surface area contributed by atoms with Crippen LogP contribution in [-0.4, -0.2) is 38.3 Å². The number of anilines is 2. The van der Waals surface area contributed by atoms with E-state index >= 15 is 0 Å². The zero-order valence-corrected chi connectivity index (χ0v) is 22.7. The molecule has 0 spiro atoms. The van der Waals surface area contributed by atoms with E-state index in [1.807, 2.05) is 12.1 Å². The van der Waals surface area contributed by atoms with Crippen LogP contribution in [0.5, 0.6) is 11.5 Å². The highest BCUT2D eigenvalue weighted by atomic mass is 16.5. The molecule has 2 heterocycles. The highest BCUT2D eigenvalue weighted by Gasteiger charge is 2.28. The number of piperidine rings is 1. The van der Waals surface area contributed by atoms with E-state index in [1.165, 1.54) is 42.9 Å². The van der Waals surface area contributed by atoms with Gasteiger partial charge in [-0.1, -0.05) is 24.6 Å². The monoisotopic (exact) mass is 513 g/mol. The van der Waals surface area contributed by atoms with Crippen LogP contribution in [0, 0.1) is 0 Å². The van der Waals surface area contributed by atoms with E-state index in [2.05, 4.69) is 77.1 Å². The van der Waals surface area contributed by atoms with Gasteiger partial charge in [0.1, 0.15) is 17.6 Å². The van der Waals surface area contributed by atoms with Crippen LogP contribution < -0.4 is 25.0 Å². The third-order valence-electron chi connectivity index (χ3n) is 7.82. The van der Waals surface area contributed by atoms with Gasteiger partial charge in [0.2, 0.25) is 5.91 Å². The molecule has 38 heavy (non-hydrogen) atoms. The molecule has 0 saturated carbocycles. The Kier molecular flexibility index (Phi) is 8.18. The van der Waals surface area contributed by atoms with Gasteiger partial charge in [0, 0.05) is 30.9 Å². The van der Waals surface area contributed by atoms with Crippen molar-refractivity contribution in [1.82, 2.24) is 5.32 Å². The second-order valence-electron chi connectivity index (χ2n) is 10.5. The fraction of sp³-hybridized carbons (Fsp3) is 0.406. The Morgan fingerprint density at radius 2 is 1.82 bits per heavy atom. The molecule has 3 aromatic rings. The van der Waals surface area contributed by atoms with E-state index in [-0.39, 0.29) is 18.1 Å². The number of benzene rings is 3. The first kappa shape index (κ1) is 26.1. The molecule has 5 rings (SSSR count). The summed E-state index contributed by atoms with van der Waals surface area (Å²) in [5, 5.41) is 6.46. The fourth-order valence-corrected chi connectivity index (χ4v) is 5.79. The summed E-state index contributed by atoms with van der Waals surface area (Å²) in [4.78, 5) is 13.9. The second-order valence-corrected chi connectivity index (χ2v) is 10.5. The Labute approximate surface area is 226 Å². The molecular weight excluding hydrogens is 474 g/mol. The first-order valence-electron chi connectivity index (χ1n) is 13.8. The molecule has 2 aliphatic heterocycles. The molecule has 0 aliphatic carbocycles. The van der Waals surface area contributed by atoms with Crippen LogP contribution in [0.3, 0.4) is 0 Å². The molecule has 0 aromatic heterocycles. The van der Waals surface area contributed by atoms with Crippen LogP contribution in [0.4, 0.5) is 11.4 Å². The predicted molar refractivity (Wildman–Crippen MR) is 153 cm³/mol. The van der Waals surface area contributed by atoms with E-state index in [1.54, 1.807) is 7.11 Å². The molecule has 1 amide bonds. The lowest BCUT2D eigenvalue weighted by atomic mass is 9.88. The first-order valence-corrected chi connectivity index (χ1v) is 13.8. The first-order chi connectivity index (χ1) is 18.5. The van der Waals surface area contributed by atoms with Crippen LogP contribution in [0.1, 0.15) is 55.8 Å². The van der Waals surface area contributed by atoms with Crippen LogP contribution in [0.15, 0.2) is 66.7 Å². The third-order valence-corrected chi connectivity index (χ3v) is 7.82. The third kappa shape index (κ3) is 6.13. The summed E-state index contributed by atoms with van der Waals surface area (Å²) in [7, 11) is 1.72. The highest BCUT2D eigenvalue weighted by molar-refractivity contribution is 5.88. The van der Waals surface area contributed by atoms with Crippen molar-refractivity contribution in [1.29, 1.82) is 0 Å². The van der Waals surface area contributed by atoms with Gasteiger partial charge in [-0.25, -0.2) is 0 Å². The van der Waals surface area contributed by atoms with Crippen molar-refractivity contribution in [2.24, 2.45) is 0 Å². The Hall–Kier alpha value is -3.51. The molecule has 1 saturated heterocycles. The summed E-state index contributed by atoms with van der Waals surface area (Å²) >= 11 is 0. The van der Waals surface area contributed by atoms with Gasteiger partial charge >= 0.3 is 0 Å². The zero-order valence-electron chi connectivity index (χ0n) is 22.7. The van der Waals surface area contributed by atoms with Crippen molar-refractivity contribution in [3.8, 4) is 11.5 Å². The maximum atomic E-state index is 11.5. The van der Waals surface area contributed by atoms with Gasteiger partial charge in [-0.15, -0.1) is 0 Å². The summed E-state index contributed by atoms with van der Waals surface area (Å²) in [6.45, 7) is 5.69. The average Bonchev–Trinajstić information content (AvgIpc) is 2.94. The number of rotatable bonds is 8. The summed E-state index contributed by atoms with van der Waals surface area (Å²) in [6.07, 6.45) is 5.68. The molecule has 0 bridgehead atoms. The number of carbonyl (C=O) groups excluding carboxylic acids is 1. The van der Waals surface area contributed by atoms with Gasteiger partial charge in [0.05, 0.1) is 13.2 Å². The van der Waals surface area contributed by atoms with Crippen LogP contribution in [0.25, 0.3) is 0 Å². The number of nitrogens with zero attached hydrogens (tertiary/aromatic N) is 1. The molecule has 6 heteroatoms. The molecule has 0 radical (unpaired) electrons. The molecule has 2 aliphatic rings. The van der Waals surface area contributed by atoms with E-state index in [0.29, 0.717) is 6.04 Å². The Morgan fingerprint density at radius 1 is 1.05 bits per heavy atom. The predicted octanol–water partition coefficient (Wildman–Crippen LogP) is 5.91. The molecule has 6 nitrogen and oxygen atoms in total. The van der Waals surface area contributed by atoms with Gasteiger partial charge in [-0.05, 0) is 104 Å². The summed E-state index contributed by atoms with van der Waals surface area (Å²) in [5.41, 5.74) is 5.91.